The molecule has 1 amide bonds. The number of hydrogen-bond donors (Lipinski definition) is 2. The highest BCUT2D eigenvalue weighted by molar-refractivity contribution is 6.04. The van der Waals surface area contributed by atoms with Crippen LogP contribution in [0.1, 0.15) is 37.2 Å². The fraction of sp³-hybridized carbons (Fsp3) is 0.579. The molecule has 2 N–H and O–H groups in total. The molecule has 2 aromatic rings. The van der Waals surface area contributed by atoms with E-state index in [0.717, 1.165) is 50.0 Å². The Morgan fingerprint density at radius 3 is 2.72 bits per heavy atom. The predicted molar refractivity (Wildman–Crippen MR) is 98.7 cm³/mol. The van der Waals surface area contributed by atoms with Crippen LogP contribution in [0, 0.1) is 5.92 Å². The summed E-state index contributed by atoms with van der Waals surface area (Å²) in [5, 5.41) is 11.1. The van der Waals surface area contributed by atoms with Gasteiger partial charge in [-0.25, -0.2) is 0 Å². The molecule has 2 heterocycles. The molecule has 136 valence electrons. The number of aromatic nitrogens is 2. The van der Waals surface area contributed by atoms with Crippen LogP contribution in [0.3, 0.4) is 0 Å². The molecule has 1 atom stereocenters. The zero-order chi connectivity index (χ0) is 17.6. The highest BCUT2D eigenvalue weighted by Crippen LogP contribution is 2.20. The van der Waals surface area contributed by atoms with Crippen LogP contribution < -0.4 is 5.32 Å². The largest absolute Gasteiger partial charge is 0.379 e. The van der Waals surface area contributed by atoms with E-state index in [1.807, 2.05) is 24.3 Å². The fourth-order valence-corrected chi connectivity index (χ4v) is 3.75. The summed E-state index contributed by atoms with van der Waals surface area (Å²) in [4.78, 5) is 15.1. The van der Waals surface area contributed by atoms with Crippen LogP contribution >= 0.6 is 0 Å². The van der Waals surface area contributed by atoms with Crippen molar-refractivity contribution >= 4 is 16.8 Å². The Balaban J connectivity index is 1.70. The average molecular weight is 344 g/mol. The molecule has 1 aliphatic heterocycles. The van der Waals surface area contributed by atoms with E-state index < -0.39 is 0 Å². The molecule has 1 aliphatic rings. The third-order valence-corrected chi connectivity index (χ3v) is 5.26. The summed E-state index contributed by atoms with van der Waals surface area (Å²) in [6.07, 6.45) is 2.22. The van der Waals surface area contributed by atoms with Gasteiger partial charge in [-0.05, 0) is 12.0 Å². The summed E-state index contributed by atoms with van der Waals surface area (Å²) >= 11 is 0. The third-order valence-electron chi connectivity index (χ3n) is 5.26. The number of nitrogens with one attached hydrogen (secondary N) is 2. The molecule has 0 saturated carbocycles. The van der Waals surface area contributed by atoms with Crippen molar-refractivity contribution in [2.24, 2.45) is 5.92 Å². The maximum Gasteiger partial charge on any atom is 0.272 e. The molecule has 1 aromatic heterocycles. The molecular formula is C19H28N4O2. The van der Waals surface area contributed by atoms with Gasteiger partial charge in [-0.15, -0.1) is 0 Å². The molecule has 1 aromatic carbocycles. The molecule has 6 heteroatoms. The molecule has 1 saturated heterocycles. The van der Waals surface area contributed by atoms with Crippen LogP contribution in [-0.2, 0) is 4.74 Å². The number of amides is 1. The smallest absolute Gasteiger partial charge is 0.272 e. The van der Waals surface area contributed by atoms with E-state index in [4.69, 9.17) is 4.74 Å². The molecule has 1 fully saturated rings. The monoisotopic (exact) mass is 344 g/mol. The summed E-state index contributed by atoms with van der Waals surface area (Å²) in [7, 11) is 0. The second kappa shape index (κ2) is 8.45. The van der Waals surface area contributed by atoms with Gasteiger partial charge in [0.1, 0.15) is 0 Å². The van der Waals surface area contributed by atoms with Gasteiger partial charge in [0.2, 0.25) is 0 Å². The van der Waals surface area contributed by atoms with Crippen molar-refractivity contribution in [3.8, 4) is 0 Å². The lowest BCUT2D eigenvalue weighted by atomic mass is 9.92. The fourth-order valence-electron chi connectivity index (χ4n) is 3.75. The van der Waals surface area contributed by atoms with E-state index in [2.05, 4.69) is 34.3 Å². The Labute approximate surface area is 148 Å². The Kier molecular flexibility index (Phi) is 6.04. The minimum atomic E-state index is -0.110. The number of rotatable bonds is 7. The molecule has 0 bridgehead atoms. The lowest BCUT2D eigenvalue weighted by Crippen LogP contribution is -2.52. The number of benzene rings is 1. The predicted octanol–water partition coefficient (Wildman–Crippen LogP) is 2.43. The van der Waals surface area contributed by atoms with Gasteiger partial charge in [-0.1, -0.05) is 44.9 Å². The normalized spacial score (nSPS) is 17.1. The van der Waals surface area contributed by atoms with Crippen molar-refractivity contribution in [3.05, 3.63) is 30.0 Å². The molecule has 1 unspecified atom stereocenters. The summed E-state index contributed by atoms with van der Waals surface area (Å²) in [5.41, 5.74) is 1.36. The van der Waals surface area contributed by atoms with Crippen molar-refractivity contribution in [2.45, 2.75) is 32.7 Å². The number of para-hydroxylation sites is 1. The lowest BCUT2D eigenvalue weighted by Gasteiger charge is -2.38. The number of aromatic amines is 1. The molecule has 0 radical (unpaired) electrons. The SMILES string of the molecule is CCC(CC)C(CNC(=O)c1n[nH]c2ccccc12)N1CCOCC1. The van der Waals surface area contributed by atoms with Crippen LogP contribution in [0.4, 0.5) is 0 Å². The molecule has 3 rings (SSSR count). The lowest BCUT2D eigenvalue weighted by molar-refractivity contribution is 0.00190. The molecular weight excluding hydrogens is 316 g/mol. The second-order valence-electron chi connectivity index (χ2n) is 6.62. The van der Waals surface area contributed by atoms with Gasteiger partial charge >= 0.3 is 0 Å². The number of carbonyl (C=O) groups is 1. The van der Waals surface area contributed by atoms with Gasteiger partial charge in [0, 0.05) is 31.1 Å². The minimum absolute atomic E-state index is 0.110. The summed E-state index contributed by atoms with van der Waals surface area (Å²) in [6, 6.07) is 8.06. The second-order valence-corrected chi connectivity index (χ2v) is 6.62. The summed E-state index contributed by atoms with van der Waals surface area (Å²) in [5.74, 6) is 0.455. The first-order chi connectivity index (χ1) is 12.2. The maximum absolute atomic E-state index is 12.7. The van der Waals surface area contributed by atoms with Crippen molar-refractivity contribution in [1.82, 2.24) is 20.4 Å². The maximum atomic E-state index is 12.7. The van der Waals surface area contributed by atoms with E-state index >= 15 is 0 Å². The van der Waals surface area contributed by atoms with Gasteiger partial charge in [0.05, 0.1) is 18.7 Å². The Hall–Kier alpha value is -1.92. The van der Waals surface area contributed by atoms with Crippen LogP contribution in [0.5, 0.6) is 0 Å². The highest BCUT2D eigenvalue weighted by Gasteiger charge is 2.27. The number of nitrogens with zero attached hydrogens (tertiary/aromatic N) is 2. The zero-order valence-electron chi connectivity index (χ0n) is 15.1. The highest BCUT2D eigenvalue weighted by atomic mass is 16.5. The van der Waals surface area contributed by atoms with Crippen LogP contribution in [0.2, 0.25) is 0 Å². The Morgan fingerprint density at radius 2 is 2.00 bits per heavy atom. The molecule has 0 spiro atoms. The van der Waals surface area contributed by atoms with E-state index in [-0.39, 0.29) is 5.91 Å². The summed E-state index contributed by atoms with van der Waals surface area (Å²) < 4.78 is 5.49. The number of fused-ring (bicyclic) bond motifs is 1. The summed E-state index contributed by atoms with van der Waals surface area (Å²) in [6.45, 7) is 8.51. The van der Waals surface area contributed by atoms with E-state index in [9.17, 15) is 4.79 Å². The van der Waals surface area contributed by atoms with Crippen molar-refractivity contribution in [2.75, 3.05) is 32.8 Å². The first kappa shape index (κ1) is 17.9. The van der Waals surface area contributed by atoms with Crippen LogP contribution in [0.25, 0.3) is 10.9 Å². The number of carbonyl (C=O) groups excluding carboxylic acids is 1. The first-order valence-electron chi connectivity index (χ1n) is 9.27. The van der Waals surface area contributed by atoms with Crippen LogP contribution in [-0.4, -0.2) is 59.9 Å². The standard InChI is InChI=1S/C19H28N4O2/c1-3-14(4-2)17(23-9-11-25-12-10-23)13-20-19(24)18-15-7-5-6-8-16(15)21-22-18/h5-8,14,17H,3-4,9-13H2,1-2H3,(H,20,24)(H,21,22). The van der Waals surface area contributed by atoms with Crippen molar-refractivity contribution < 1.29 is 9.53 Å². The quantitative estimate of drug-likeness (QED) is 0.809. The van der Waals surface area contributed by atoms with Crippen LogP contribution in [0.15, 0.2) is 24.3 Å². The Bertz CT molecular complexity index is 690. The Morgan fingerprint density at radius 1 is 1.28 bits per heavy atom. The molecule has 25 heavy (non-hydrogen) atoms. The number of ether oxygens (including phenoxy) is 1. The van der Waals surface area contributed by atoms with Gasteiger partial charge in [0.15, 0.2) is 5.69 Å². The third kappa shape index (κ3) is 4.02. The number of H-pyrrole nitrogens is 1. The first-order valence-corrected chi connectivity index (χ1v) is 9.27. The zero-order valence-corrected chi connectivity index (χ0v) is 15.1. The average Bonchev–Trinajstić information content (AvgIpc) is 3.10. The van der Waals surface area contributed by atoms with Crippen molar-refractivity contribution in [3.63, 3.8) is 0 Å². The van der Waals surface area contributed by atoms with Gasteiger partial charge < -0.3 is 10.1 Å². The van der Waals surface area contributed by atoms with Gasteiger partial charge in [-0.2, -0.15) is 5.10 Å². The van der Waals surface area contributed by atoms with Gasteiger partial charge in [-0.3, -0.25) is 14.8 Å². The van der Waals surface area contributed by atoms with Crippen molar-refractivity contribution in [1.29, 1.82) is 0 Å². The number of hydrogen-bond acceptors (Lipinski definition) is 4. The molecule has 6 nitrogen and oxygen atoms in total. The molecule has 0 aliphatic carbocycles. The minimum Gasteiger partial charge on any atom is -0.379 e. The van der Waals surface area contributed by atoms with E-state index in [1.165, 1.54) is 0 Å². The number of morpholine rings is 1. The van der Waals surface area contributed by atoms with E-state index in [0.29, 0.717) is 24.2 Å². The van der Waals surface area contributed by atoms with Gasteiger partial charge in [0.25, 0.3) is 5.91 Å². The van der Waals surface area contributed by atoms with E-state index in [1.54, 1.807) is 0 Å². The topological polar surface area (TPSA) is 70.2 Å².